The Morgan fingerprint density at radius 1 is 1.14 bits per heavy atom. The second-order valence-electron chi connectivity index (χ2n) is 5.72. The van der Waals surface area contributed by atoms with Crippen LogP contribution in [0.4, 0.5) is 5.69 Å². The molecule has 1 aliphatic heterocycles. The maximum atomic E-state index is 6.02. The van der Waals surface area contributed by atoms with Gasteiger partial charge < -0.3 is 10.1 Å². The molecule has 2 aromatic carbocycles. The first-order chi connectivity index (χ1) is 10.8. The van der Waals surface area contributed by atoms with Gasteiger partial charge in [0.05, 0.1) is 5.52 Å². The number of rotatable bonds is 3. The van der Waals surface area contributed by atoms with Gasteiger partial charge in [0, 0.05) is 28.9 Å². The SMILES string of the molecule is Cc1cc(COc2ccc3c(c2)CCN3)c2ccccc2n1. The van der Waals surface area contributed by atoms with Crippen LogP contribution in [0.5, 0.6) is 5.75 Å². The third-order valence-corrected chi connectivity index (χ3v) is 4.11. The maximum absolute atomic E-state index is 6.02. The van der Waals surface area contributed by atoms with Crippen LogP contribution in [0.1, 0.15) is 16.8 Å². The van der Waals surface area contributed by atoms with Crippen molar-refractivity contribution in [3.63, 3.8) is 0 Å². The number of aryl methyl sites for hydroxylation is 1. The highest BCUT2D eigenvalue weighted by Gasteiger charge is 2.11. The lowest BCUT2D eigenvalue weighted by atomic mass is 10.1. The van der Waals surface area contributed by atoms with Gasteiger partial charge >= 0.3 is 0 Å². The number of pyridine rings is 1. The minimum Gasteiger partial charge on any atom is -0.489 e. The van der Waals surface area contributed by atoms with E-state index >= 15 is 0 Å². The molecule has 1 aromatic heterocycles. The van der Waals surface area contributed by atoms with Crippen molar-refractivity contribution in [1.82, 2.24) is 4.98 Å². The molecule has 2 heterocycles. The van der Waals surface area contributed by atoms with Crippen LogP contribution in [0.3, 0.4) is 0 Å². The molecule has 22 heavy (non-hydrogen) atoms. The van der Waals surface area contributed by atoms with Gasteiger partial charge in [-0.15, -0.1) is 0 Å². The Bertz CT molecular complexity index is 842. The molecular formula is C19H18N2O. The van der Waals surface area contributed by atoms with Crippen molar-refractivity contribution in [2.24, 2.45) is 0 Å². The van der Waals surface area contributed by atoms with Crippen molar-refractivity contribution in [2.45, 2.75) is 20.0 Å². The van der Waals surface area contributed by atoms with Gasteiger partial charge in [-0.1, -0.05) is 18.2 Å². The summed E-state index contributed by atoms with van der Waals surface area (Å²) in [5.41, 5.74) is 5.81. The first-order valence-electron chi connectivity index (χ1n) is 7.64. The number of fused-ring (bicyclic) bond motifs is 2. The fraction of sp³-hybridized carbons (Fsp3) is 0.211. The van der Waals surface area contributed by atoms with Crippen LogP contribution in [0, 0.1) is 6.92 Å². The van der Waals surface area contributed by atoms with Crippen molar-refractivity contribution in [3.05, 3.63) is 65.4 Å². The number of aromatic nitrogens is 1. The topological polar surface area (TPSA) is 34.1 Å². The van der Waals surface area contributed by atoms with Gasteiger partial charge in [0.15, 0.2) is 0 Å². The highest BCUT2D eigenvalue weighted by atomic mass is 16.5. The van der Waals surface area contributed by atoms with E-state index in [9.17, 15) is 0 Å². The third kappa shape index (κ3) is 2.39. The molecule has 0 bridgehead atoms. The number of ether oxygens (including phenoxy) is 1. The summed E-state index contributed by atoms with van der Waals surface area (Å²) in [6.45, 7) is 3.61. The average molecular weight is 290 g/mol. The molecule has 110 valence electrons. The van der Waals surface area contributed by atoms with Gasteiger partial charge in [0.1, 0.15) is 12.4 Å². The van der Waals surface area contributed by atoms with E-state index in [1.807, 2.05) is 31.2 Å². The number of nitrogens with one attached hydrogen (secondary N) is 1. The normalized spacial score (nSPS) is 13.0. The minimum atomic E-state index is 0.566. The van der Waals surface area contributed by atoms with Gasteiger partial charge in [-0.25, -0.2) is 0 Å². The fourth-order valence-corrected chi connectivity index (χ4v) is 3.05. The standard InChI is InChI=1S/C19H18N2O/c1-13-10-15(17-4-2-3-5-19(17)21-13)12-22-16-6-7-18-14(11-16)8-9-20-18/h2-7,10-11,20H,8-9,12H2,1H3. The summed E-state index contributed by atoms with van der Waals surface area (Å²) in [5.74, 6) is 0.931. The van der Waals surface area contributed by atoms with Gasteiger partial charge in [0.2, 0.25) is 0 Å². The van der Waals surface area contributed by atoms with E-state index in [0.717, 1.165) is 35.3 Å². The fourth-order valence-electron chi connectivity index (χ4n) is 3.05. The summed E-state index contributed by atoms with van der Waals surface area (Å²) in [7, 11) is 0. The molecule has 3 aromatic rings. The second-order valence-corrected chi connectivity index (χ2v) is 5.72. The third-order valence-electron chi connectivity index (χ3n) is 4.11. The van der Waals surface area contributed by atoms with Crippen molar-refractivity contribution < 1.29 is 4.74 Å². The summed E-state index contributed by atoms with van der Waals surface area (Å²) in [6.07, 6.45) is 1.07. The Hall–Kier alpha value is -2.55. The molecule has 3 nitrogen and oxygen atoms in total. The van der Waals surface area contributed by atoms with Crippen molar-refractivity contribution in [1.29, 1.82) is 0 Å². The smallest absolute Gasteiger partial charge is 0.120 e. The Labute approximate surface area is 130 Å². The number of anilines is 1. The van der Waals surface area contributed by atoms with Crippen LogP contribution >= 0.6 is 0 Å². The van der Waals surface area contributed by atoms with Gasteiger partial charge in [-0.2, -0.15) is 0 Å². The predicted molar refractivity (Wildman–Crippen MR) is 89.4 cm³/mol. The van der Waals surface area contributed by atoms with Crippen LogP contribution in [0.15, 0.2) is 48.5 Å². The van der Waals surface area contributed by atoms with E-state index in [1.165, 1.54) is 16.8 Å². The Morgan fingerprint density at radius 3 is 3.00 bits per heavy atom. The molecule has 0 amide bonds. The number of hydrogen-bond donors (Lipinski definition) is 1. The summed E-state index contributed by atoms with van der Waals surface area (Å²) in [6, 6.07) is 16.6. The summed E-state index contributed by atoms with van der Waals surface area (Å²) in [5, 5.41) is 4.53. The molecule has 0 fully saturated rings. The van der Waals surface area contributed by atoms with E-state index in [-0.39, 0.29) is 0 Å². The Morgan fingerprint density at radius 2 is 2.05 bits per heavy atom. The summed E-state index contributed by atoms with van der Waals surface area (Å²) < 4.78 is 6.02. The zero-order chi connectivity index (χ0) is 14.9. The van der Waals surface area contributed by atoms with Crippen LogP contribution in [0.2, 0.25) is 0 Å². The molecular weight excluding hydrogens is 272 g/mol. The quantitative estimate of drug-likeness (QED) is 0.789. The molecule has 1 N–H and O–H groups in total. The molecule has 3 heteroatoms. The second kappa shape index (κ2) is 5.34. The van der Waals surface area contributed by atoms with Crippen molar-refractivity contribution in [3.8, 4) is 5.75 Å². The largest absolute Gasteiger partial charge is 0.489 e. The Kier molecular flexibility index (Phi) is 3.19. The molecule has 4 rings (SSSR count). The summed E-state index contributed by atoms with van der Waals surface area (Å²) >= 11 is 0. The zero-order valence-corrected chi connectivity index (χ0v) is 12.6. The van der Waals surface area contributed by atoms with E-state index < -0.39 is 0 Å². The number of para-hydroxylation sites is 1. The Balaban J connectivity index is 1.61. The number of benzene rings is 2. The first kappa shape index (κ1) is 13.1. The highest BCUT2D eigenvalue weighted by Crippen LogP contribution is 2.27. The first-order valence-corrected chi connectivity index (χ1v) is 7.64. The lowest BCUT2D eigenvalue weighted by Crippen LogP contribution is -1.99. The van der Waals surface area contributed by atoms with E-state index in [2.05, 4.69) is 34.6 Å². The highest BCUT2D eigenvalue weighted by molar-refractivity contribution is 5.82. The lowest BCUT2D eigenvalue weighted by molar-refractivity contribution is 0.307. The zero-order valence-electron chi connectivity index (χ0n) is 12.6. The van der Waals surface area contributed by atoms with Crippen LogP contribution in [-0.4, -0.2) is 11.5 Å². The molecule has 0 aliphatic carbocycles. The predicted octanol–water partition coefficient (Wildman–Crippen LogP) is 4.09. The number of nitrogens with zero attached hydrogens (tertiary/aromatic N) is 1. The van der Waals surface area contributed by atoms with Gasteiger partial charge in [-0.3, -0.25) is 4.98 Å². The molecule has 0 atom stereocenters. The monoisotopic (exact) mass is 290 g/mol. The maximum Gasteiger partial charge on any atom is 0.120 e. The van der Waals surface area contributed by atoms with Crippen LogP contribution in [-0.2, 0) is 13.0 Å². The van der Waals surface area contributed by atoms with Crippen molar-refractivity contribution in [2.75, 3.05) is 11.9 Å². The molecule has 0 saturated heterocycles. The molecule has 0 radical (unpaired) electrons. The van der Waals surface area contributed by atoms with E-state index in [0.29, 0.717) is 6.61 Å². The van der Waals surface area contributed by atoms with E-state index in [1.54, 1.807) is 0 Å². The van der Waals surface area contributed by atoms with E-state index in [4.69, 9.17) is 4.74 Å². The van der Waals surface area contributed by atoms with Gasteiger partial charge in [-0.05, 0) is 49.2 Å². The van der Waals surface area contributed by atoms with Crippen LogP contribution in [0.25, 0.3) is 10.9 Å². The minimum absolute atomic E-state index is 0.566. The lowest BCUT2D eigenvalue weighted by Gasteiger charge is -2.11. The average Bonchev–Trinajstić information content (AvgIpc) is 3.00. The molecule has 0 spiro atoms. The van der Waals surface area contributed by atoms with Crippen LogP contribution < -0.4 is 10.1 Å². The summed E-state index contributed by atoms with van der Waals surface area (Å²) in [4.78, 5) is 4.57. The van der Waals surface area contributed by atoms with Gasteiger partial charge in [0.25, 0.3) is 0 Å². The number of hydrogen-bond acceptors (Lipinski definition) is 3. The molecule has 0 unspecified atom stereocenters. The van der Waals surface area contributed by atoms with Crippen molar-refractivity contribution >= 4 is 16.6 Å². The molecule has 0 saturated carbocycles. The molecule has 1 aliphatic rings.